The van der Waals surface area contributed by atoms with Crippen LogP contribution in [0.4, 0.5) is 4.79 Å². The zero-order valence-corrected chi connectivity index (χ0v) is 13.6. The van der Waals surface area contributed by atoms with Crippen LogP contribution in [0.3, 0.4) is 0 Å². The molecule has 1 aromatic carbocycles. The molecule has 0 atom stereocenters. The van der Waals surface area contributed by atoms with Gasteiger partial charge in [0.05, 0.1) is 12.1 Å². The number of nitrogens with one attached hydrogen (secondary N) is 1. The summed E-state index contributed by atoms with van der Waals surface area (Å²) >= 11 is 0. The third-order valence-corrected chi connectivity index (χ3v) is 3.08. The number of aliphatic hydroxyl groups is 1. The van der Waals surface area contributed by atoms with Crippen molar-refractivity contribution in [3.63, 3.8) is 0 Å². The molecule has 0 fully saturated rings. The summed E-state index contributed by atoms with van der Waals surface area (Å²) in [6.07, 6.45) is 0.952. The van der Waals surface area contributed by atoms with Gasteiger partial charge in [0, 0.05) is 13.1 Å². The summed E-state index contributed by atoms with van der Waals surface area (Å²) < 4.78 is 0. The lowest BCUT2D eigenvalue weighted by Crippen LogP contribution is -2.46. The largest absolute Gasteiger partial charge is 0.389 e. The fraction of sp³-hybridized carbons (Fsp3) is 0.588. The van der Waals surface area contributed by atoms with E-state index < -0.39 is 5.60 Å². The molecule has 1 aromatic rings. The minimum atomic E-state index is -0.913. The fourth-order valence-corrected chi connectivity index (χ4v) is 2.05. The van der Waals surface area contributed by atoms with Crippen LogP contribution >= 0.6 is 0 Å². The number of amides is 2. The zero-order chi connectivity index (χ0) is 15.9. The van der Waals surface area contributed by atoms with Gasteiger partial charge in [-0.3, -0.25) is 0 Å². The number of urea groups is 1. The van der Waals surface area contributed by atoms with Crippen LogP contribution in [-0.2, 0) is 6.54 Å². The van der Waals surface area contributed by atoms with Crippen LogP contribution in [0.25, 0.3) is 0 Å². The molecule has 0 aliphatic rings. The standard InChI is InChI=1S/C17H28N2O2/c1-14(2)10-11-18-16(20)19(13-17(3,4)21)12-15-8-6-5-7-9-15/h5-9,14,21H,10-13H2,1-4H3,(H,18,20). The van der Waals surface area contributed by atoms with Gasteiger partial charge in [0.2, 0.25) is 0 Å². The predicted octanol–water partition coefficient (Wildman–Crippen LogP) is 3.02. The van der Waals surface area contributed by atoms with Gasteiger partial charge in [0.15, 0.2) is 0 Å². The Bertz CT molecular complexity index is 424. The topological polar surface area (TPSA) is 52.6 Å². The lowest BCUT2D eigenvalue weighted by Gasteiger charge is -2.29. The summed E-state index contributed by atoms with van der Waals surface area (Å²) in [5.74, 6) is 0.558. The average Bonchev–Trinajstić information content (AvgIpc) is 2.37. The molecule has 0 aliphatic heterocycles. The Labute approximate surface area is 128 Å². The van der Waals surface area contributed by atoms with E-state index in [9.17, 15) is 9.90 Å². The number of hydrogen-bond acceptors (Lipinski definition) is 2. The first-order valence-electron chi connectivity index (χ1n) is 7.57. The Hall–Kier alpha value is -1.55. The lowest BCUT2D eigenvalue weighted by molar-refractivity contribution is 0.0446. The Morgan fingerprint density at radius 1 is 1.29 bits per heavy atom. The summed E-state index contributed by atoms with van der Waals surface area (Å²) in [5.41, 5.74) is 0.144. The molecule has 2 N–H and O–H groups in total. The number of carbonyl (C=O) groups excluding carboxylic acids is 1. The summed E-state index contributed by atoms with van der Waals surface area (Å²) in [6, 6.07) is 9.70. The van der Waals surface area contributed by atoms with Crippen molar-refractivity contribution >= 4 is 6.03 Å². The molecule has 4 heteroatoms. The fourth-order valence-electron chi connectivity index (χ4n) is 2.05. The van der Waals surface area contributed by atoms with Crippen molar-refractivity contribution in [1.82, 2.24) is 10.2 Å². The van der Waals surface area contributed by atoms with E-state index in [0.717, 1.165) is 12.0 Å². The molecule has 4 nitrogen and oxygen atoms in total. The molecule has 0 aliphatic carbocycles. The van der Waals surface area contributed by atoms with E-state index in [1.807, 2.05) is 30.3 Å². The Balaban J connectivity index is 2.65. The summed E-state index contributed by atoms with van der Waals surface area (Å²) in [6.45, 7) is 9.15. The Morgan fingerprint density at radius 3 is 2.43 bits per heavy atom. The molecule has 0 bridgehead atoms. The molecule has 0 heterocycles. The molecule has 0 unspecified atom stereocenters. The first-order chi connectivity index (χ1) is 9.78. The van der Waals surface area contributed by atoms with Gasteiger partial charge >= 0.3 is 6.03 Å². The van der Waals surface area contributed by atoms with Crippen molar-refractivity contribution < 1.29 is 9.90 Å². The highest BCUT2D eigenvalue weighted by molar-refractivity contribution is 5.74. The van der Waals surface area contributed by atoms with Crippen LogP contribution in [0, 0.1) is 5.92 Å². The summed E-state index contributed by atoms with van der Waals surface area (Å²) in [4.78, 5) is 14.0. The first kappa shape index (κ1) is 17.5. The number of carbonyl (C=O) groups is 1. The maximum Gasteiger partial charge on any atom is 0.317 e. The van der Waals surface area contributed by atoms with Gasteiger partial charge in [-0.1, -0.05) is 44.2 Å². The second-order valence-corrected chi connectivity index (χ2v) is 6.57. The van der Waals surface area contributed by atoms with Gasteiger partial charge in [-0.15, -0.1) is 0 Å². The molecule has 0 saturated heterocycles. The predicted molar refractivity (Wildman–Crippen MR) is 86.0 cm³/mol. The van der Waals surface area contributed by atoms with Gasteiger partial charge in [0.25, 0.3) is 0 Å². The average molecular weight is 292 g/mol. The maximum absolute atomic E-state index is 12.3. The lowest BCUT2D eigenvalue weighted by atomic mass is 10.1. The molecule has 0 aromatic heterocycles. The molecule has 0 spiro atoms. The Morgan fingerprint density at radius 2 is 1.90 bits per heavy atom. The van der Waals surface area contributed by atoms with Crippen molar-refractivity contribution in [2.24, 2.45) is 5.92 Å². The van der Waals surface area contributed by atoms with E-state index in [0.29, 0.717) is 25.6 Å². The molecular formula is C17H28N2O2. The molecule has 21 heavy (non-hydrogen) atoms. The van der Waals surface area contributed by atoms with Crippen LogP contribution in [0.5, 0.6) is 0 Å². The number of benzene rings is 1. The quantitative estimate of drug-likeness (QED) is 0.811. The van der Waals surface area contributed by atoms with Gasteiger partial charge in [-0.25, -0.2) is 4.79 Å². The van der Waals surface area contributed by atoms with Gasteiger partial charge in [-0.2, -0.15) is 0 Å². The van der Waals surface area contributed by atoms with Crippen LogP contribution in [-0.4, -0.2) is 34.7 Å². The van der Waals surface area contributed by atoms with E-state index in [2.05, 4.69) is 19.2 Å². The highest BCUT2D eigenvalue weighted by atomic mass is 16.3. The highest BCUT2D eigenvalue weighted by Gasteiger charge is 2.22. The minimum absolute atomic E-state index is 0.123. The third-order valence-electron chi connectivity index (χ3n) is 3.08. The monoisotopic (exact) mass is 292 g/mol. The zero-order valence-electron chi connectivity index (χ0n) is 13.6. The van der Waals surface area contributed by atoms with Gasteiger partial charge < -0.3 is 15.3 Å². The maximum atomic E-state index is 12.3. The van der Waals surface area contributed by atoms with E-state index in [1.54, 1.807) is 18.7 Å². The van der Waals surface area contributed by atoms with Crippen molar-refractivity contribution in [1.29, 1.82) is 0 Å². The second-order valence-electron chi connectivity index (χ2n) is 6.57. The molecule has 0 saturated carbocycles. The molecule has 118 valence electrons. The SMILES string of the molecule is CC(C)CCNC(=O)N(Cc1ccccc1)CC(C)(C)O. The number of rotatable bonds is 7. The van der Waals surface area contributed by atoms with Crippen LogP contribution in [0.2, 0.25) is 0 Å². The first-order valence-corrected chi connectivity index (χ1v) is 7.57. The second kappa shape index (κ2) is 8.03. The molecule has 0 radical (unpaired) electrons. The number of hydrogen-bond donors (Lipinski definition) is 2. The third kappa shape index (κ3) is 7.71. The normalized spacial score (nSPS) is 11.5. The number of nitrogens with zero attached hydrogens (tertiary/aromatic N) is 1. The van der Waals surface area contributed by atoms with E-state index in [-0.39, 0.29) is 6.03 Å². The van der Waals surface area contributed by atoms with Crippen LogP contribution in [0.1, 0.15) is 39.7 Å². The van der Waals surface area contributed by atoms with Crippen LogP contribution < -0.4 is 5.32 Å². The van der Waals surface area contributed by atoms with E-state index >= 15 is 0 Å². The summed E-state index contributed by atoms with van der Waals surface area (Å²) in [7, 11) is 0. The highest BCUT2D eigenvalue weighted by Crippen LogP contribution is 2.10. The Kier molecular flexibility index (Phi) is 6.69. The molecular weight excluding hydrogens is 264 g/mol. The smallest absolute Gasteiger partial charge is 0.317 e. The minimum Gasteiger partial charge on any atom is -0.389 e. The van der Waals surface area contributed by atoms with Crippen molar-refractivity contribution in [3.05, 3.63) is 35.9 Å². The van der Waals surface area contributed by atoms with E-state index in [1.165, 1.54) is 0 Å². The van der Waals surface area contributed by atoms with Crippen molar-refractivity contribution in [2.75, 3.05) is 13.1 Å². The molecule has 2 amide bonds. The van der Waals surface area contributed by atoms with Gasteiger partial charge in [-0.05, 0) is 31.7 Å². The van der Waals surface area contributed by atoms with Crippen LogP contribution in [0.15, 0.2) is 30.3 Å². The van der Waals surface area contributed by atoms with Crippen molar-refractivity contribution in [3.8, 4) is 0 Å². The van der Waals surface area contributed by atoms with Gasteiger partial charge in [0.1, 0.15) is 0 Å². The van der Waals surface area contributed by atoms with E-state index in [4.69, 9.17) is 0 Å². The molecule has 1 rings (SSSR count). The summed E-state index contributed by atoms with van der Waals surface area (Å²) in [5, 5.41) is 12.9. The van der Waals surface area contributed by atoms with Crippen molar-refractivity contribution in [2.45, 2.75) is 46.3 Å².